The highest BCUT2D eigenvalue weighted by atomic mass is 16.5. The van der Waals surface area contributed by atoms with Gasteiger partial charge in [-0.3, -0.25) is 0 Å². The van der Waals surface area contributed by atoms with Gasteiger partial charge >= 0.3 is 0 Å². The minimum absolute atomic E-state index is 0.0386. The third kappa shape index (κ3) is 3.79. The number of benzene rings is 2. The summed E-state index contributed by atoms with van der Waals surface area (Å²) in [5.41, 5.74) is 8.10. The molecule has 0 heterocycles. The maximum Gasteiger partial charge on any atom is 0.161 e. The van der Waals surface area contributed by atoms with Crippen LogP contribution in [0.4, 0.5) is 5.69 Å². The number of anilines is 1. The molecule has 0 saturated heterocycles. The Morgan fingerprint density at radius 1 is 0.952 bits per heavy atom. The first-order valence-corrected chi connectivity index (χ1v) is 6.50. The number of rotatable bonds is 6. The molecule has 2 aromatic carbocycles. The van der Waals surface area contributed by atoms with E-state index in [4.69, 9.17) is 25.1 Å². The first-order chi connectivity index (χ1) is 10.2. The van der Waals surface area contributed by atoms with Gasteiger partial charge in [0.1, 0.15) is 12.4 Å². The summed E-state index contributed by atoms with van der Waals surface area (Å²) < 4.78 is 16.2. The molecule has 21 heavy (non-hydrogen) atoms. The molecule has 0 atom stereocenters. The van der Waals surface area contributed by atoms with Crippen molar-refractivity contribution in [1.29, 1.82) is 0 Å². The van der Waals surface area contributed by atoms with Gasteiger partial charge in [0, 0.05) is 11.8 Å². The van der Waals surface area contributed by atoms with E-state index in [1.165, 1.54) is 0 Å². The molecule has 2 aromatic rings. The van der Waals surface area contributed by atoms with E-state index in [0.29, 0.717) is 29.5 Å². The summed E-state index contributed by atoms with van der Waals surface area (Å²) in [5, 5.41) is 9.12. The third-order valence-corrected chi connectivity index (χ3v) is 3.03. The number of aliphatic hydroxyl groups is 1. The van der Waals surface area contributed by atoms with Gasteiger partial charge in [-0.15, -0.1) is 0 Å². The normalized spacial score (nSPS) is 10.2. The molecule has 0 bridgehead atoms. The van der Waals surface area contributed by atoms with E-state index in [9.17, 15) is 0 Å². The number of aliphatic hydroxyl groups excluding tert-OH is 1. The molecule has 0 aliphatic carbocycles. The summed E-state index contributed by atoms with van der Waals surface area (Å²) >= 11 is 0. The van der Waals surface area contributed by atoms with Crippen LogP contribution < -0.4 is 19.9 Å². The molecule has 0 aliphatic rings. The van der Waals surface area contributed by atoms with Crippen LogP contribution in [0.1, 0.15) is 11.1 Å². The van der Waals surface area contributed by atoms with Crippen molar-refractivity contribution in [3.05, 3.63) is 47.5 Å². The van der Waals surface area contributed by atoms with Gasteiger partial charge in [0.2, 0.25) is 0 Å². The topological polar surface area (TPSA) is 73.9 Å². The Morgan fingerprint density at radius 2 is 1.76 bits per heavy atom. The van der Waals surface area contributed by atoms with Crippen LogP contribution in [0.3, 0.4) is 0 Å². The van der Waals surface area contributed by atoms with Crippen molar-refractivity contribution in [3.63, 3.8) is 0 Å². The smallest absolute Gasteiger partial charge is 0.161 e. The van der Waals surface area contributed by atoms with Crippen LogP contribution in [-0.2, 0) is 13.2 Å². The molecule has 0 fully saturated rings. The average molecular weight is 289 g/mol. The van der Waals surface area contributed by atoms with E-state index in [1.54, 1.807) is 38.5 Å². The zero-order valence-electron chi connectivity index (χ0n) is 12.1. The fourth-order valence-corrected chi connectivity index (χ4v) is 1.98. The van der Waals surface area contributed by atoms with Crippen LogP contribution in [0.15, 0.2) is 36.4 Å². The van der Waals surface area contributed by atoms with Crippen molar-refractivity contribution in [3.8, 4) is 17.2 Å². The zero-order valence-corrected chi connectivity index (χ0v) is 12.1. The summed E-state index contributed by atoms with van der Waals surface area (Å²) in [6.07, 6.45) is 0. The second-order valence-electron chi connectivity index (χ2n) is 4.55. The van der Waals surface area contributed by atoms with Crippen molar-refractivity contribution in [2.24, 2.45) is 0 Å². The summed E-state index contributed by atoms with van der Waals surface area (Å²) in [7, 11) is 3.16. The lowest BCUT2D eigenvalue weighted by atomic mass is 10.2. The molecule has 5 heteroatoms. The first kappa shape index (κ1) is 15.0. The number of ether oxygens (including phenoxy) is 3. The zero-order chi connectivity index (χ0) is 15.2. The lowest BCUT2D eigenvalue weighted by Gasteiger charge is -2.12. The summed E-state index contributed by atoms with van der Waals surface area (Å²) in [6.45, 7) is 0.305. The van der Waals surface area contributed by atoms with Gasteiger partial charge in [-0.05, 0) is 35.4 Å². The van der Waals surface area contributed by atoms with Crippen molar-refractivity contribution in [2.45, 2.75) is 13.2 Å². The van der Waals surface area contributed by atoms with Crippen LogP contribution in [0.25, 0.3) is 0 Å². The molecule has 0 spiro atoms. The van der Waals surface area contributed by atoms with Gasteiger partial charge in [0.15, 0.2) is 11.5 Å². The predicted octanol–water partition coefficient (Wildman–Crippen LogP) is 2.36. The quantitative estimate of drug-likeness (QED) is 0.799. The maximum atomic E-state index is 9.12. The van der Waals surface area contributed by atoms with E-state index >= 15 is 0 Å². The summed E-state index contributed by atoms with van der Waals surface area (Å²) in [5.74, 6) is 1.88. The average Bonchev–Trinajstić information content (AvgIpc) is 2.52. The van der Waals surface area contributed by atoms with E-state index in [1.807, 2.05) is 12.1 Å². The fraction of sp³-hybridized carbons (Fsp3) is 0.250. The SMILES string of the molecule is COc1cc(N)cc(COc2ccc(CO)cc2OC)c1. The summed E-state index contributed by atoms with van der Waals surface area (Å²) in [6, 6.07) is 10.8. The Hall–Kier alpha value is -2.40. The predicted molar refractivity (Wildman–Crippen MR) is 80.7 cm³/mol. The monoisotopic (exact) mass is 289 g/mol. The van der Waals surface area contributed by atoms with Crippen LogP contribution in [0.2, 0.25) is 0 Å². The Balaban J connectivity index is 2.14. The molecular weight excluding hydrogens is 270 g/mol. The highest BCUT2D eigenvalue weighted by molar-refractivity contribution is 5.48. The van der Waals surface area contributed by atoms with Gasteiger partial charge < -0.3 is 25.1 Å². The first-order valence-electron chi connectivity index (χ1n) is 6.50. The standard InChI is InChI=1S/C16H19NO4/c1-19-14-6-12(5-13(17)8-14)10-21-15-4-3-11(9-18)7-16(15)20-2/h3-8,18H,9-10,17H2,1-2H3. The van der Waals surface area contributed by atoms with Gasteiger partial charge in [-0.1, -0.05) is 6.07 Å². The largest absolute Gasteiger partial charge is 0.497 e. The minimum atomic E-state index is -0.0386. The number of hydrogen-bond acceptors (Lipinski definition) is 5. The highest BCUT2D eigenvalue weighted by Crippen LogP contribution is 2.29. The van der Waals surface area contributed by atoms with Crippen molar-refractivity contribution in [2.75, 3.05) is 20.0 Å². The van der Waals surface area contributed by atoms with Gasteiger partial charge in [0.05, 0.1) is 20.8 Å². The Labute approximate surface area is 123 Å². The van der Waals surface area contributed by atoms with Crippen molar-refractivity contribution < 1.29 is 19.3 Å². The molecule has 0 saturated carbocycles. The number of methoxy groups -OCH3 is 2. The Bertz CT molecular complexity index is 613. The minimum Gasteiger partial charge on any atom is -0.497 e. The van der Waals surface area contributed by atoms with Gasteiger partial charge in [0.25, 0.3) is 0 Å². The number of nitrogen functional groups attached to an aromatic ring is 1. The van der Waals surface area contributed by atoms with Crippen molar-refractivity contribution in [1.82, 2.24) is 0 Å². The molecule has 0 amide bonds. The van der Waals surface area contributed by atoms with Crippen molar-refractivity contribution >= 4 is 5.69 Å². The van der Waals surface area contributed by atoms with E-state index in [2.05, 4.69) is 0 Å². The second-order valence-corrected chi connectivity index (χ2v) is 4.55. The summed E-state index contributed by atoms with van der Waals surface area (Å²) in [4.78, 5) is 0. The lowest BCUT2D eigenvalue weighted by molar-refractivity contribution is 0.274. The maximum absolute atomic E-state index is 9.12. The lowest BCUT2D eigenvalue weighted by Crippen LogP contribution is -2.00. The Morgan fingerprint density at radius 3 is 2.43 bits per heavy atom. The highest BCUT2D eigenvalue weighted by Gasteiger charge is 2.07. The molecule has 0 aromatic heterocycles. The van der Waals surface area contributed by atoms with Gasteiger partial charge in [-0.25, -0.2) is 0 Å². The molecule has 5 nitrogen and oxygen atoms in total. The van der Waals surface area contributed by atoms with Crippen LogP contribution in [-0.4, -0.2) is 19.3 Å². The molecule has 3 N–H and O–H groups in total. The van der Waals surface area contributed by atoms with Crippen LogP contribution in [0.5, 0.6) is 17.2 Å². The second kappa shape index (κ2) is 6.85. The molecule has 2 rings (SSSR count). The van der Waals surface area contributed by atoms with E-state index in [0.717, 1.165) is 11.1 Å². The Kier molecular flexibility index (Phi) is 4.90. The molecular formula is C16H19NO4. The molecule has 0 unspecified atom stereocenters. The van der Waals surface area contributed by atoms with Crippen LogP contribution >= 0.6 is 0 Å². The number of nitrogens with two attached hydrogens (primary N) is 1. The third-order valence-electron chi connectivity index (χ3n) is 3.03. The number of hydrogen-bond donors (Lipinski definition) is 2. The molecule has 0 aliphatic heterocycles. The molecule has 0 radical (unpaired) electrons. The van der Waals surface area contributed by atoms with Crippen LogP contribution in [0, 0.1) is 0 Å². The van der Waals surface area contributed by atoms with E-state index in [-0.39, 0.29) is 6.61 Å². The fourth-order valence-electron chi connectivity index (χ4n) is 1.98. The van der Waals surface area contributed by atoms with E-state index < -0.39 is 0 Å². The molecule has 112 valence electrons. The van der Waals surface area contributed by atoms with Gasteiger partial charge in [-0.2, -0.15) is 0 Å².